The van der Waals surface area contributed by atoms with E-state index in [1.807, 2.05) is 0 Å². The Bertz CT molecular complexity index is 323. The van der Waals surface area contributed by atoms with Crippen molar-refractivity contribution in [2.75, 3.05) is 0 Å². The van der Waals surface area contributed by atoms with Crippen LogP contribution in [0.15, 0.2) is 30.3 Å². The zero-order chi connectivity index (χ0) is 10.6. The van der Waals surface area contributed by atoms with E-state index in [0.29, 0.717) is 0 Å². The van der Waals surface area contributed by atoms with Crippen molar-refractivity contribution < 1.29 is 9.72 Å². The molecule has 1 atom stereocenters. The molecule has 0 radical (unpaired) electrons. The Morgan fingerprint density at radius 3 is 2.43 bits per heavy atom. The van der Waals surface area contributed by atoms with Gasteiger partial charge in [0.2, 0.25) is 0 Å². The standard InChI is InChI=1S/C9H10N2O3/c10-9(12)8(11(13)14)6-7-4-2-1-3-5-7/h1-5,8H,6H2,(H2,10,12). The summed E-state index contributed by atoms with van der Waals surface area (Å²) in [6.07, 6.45) is 0.0448. The second-order valence-electron chi connectivity index (χ2n) is 2.89. The molecule has 74 valence electrons. The fourth-order valence-electron chi connectivity index (χ4n) is 1.12. The molecular weight excluding hydrogens is 184 g/mol. The first-order chi connectivity index (χ1) is 6.61. The van der Waals surface area contributed by atoms with E-state index in [-0.39, 0.29) is 6.42 Å². The van der Waals surface area contributed by atoms with Gasteiger partial charge >= 0.3 is 0 Å². The zero-order valence-electron chi connectivity index (χ0n) is 7.42. The SMILES string of the molecule is NC(=O)C(Cc1ccccc1)[N+](=O)[O-]. The normalized spacial score (nSPS) is 12.0. The molecule has 5 heteroatoms. The van der Waals surface area contributed by atoms with Crippen molar-refractivity contribution in [3.8, 4) is 0 Å². The van der Waals surface area contributed by atoms with E-state index in [4.69, 9.17) is 5.73 Å². The third-order valence-electron chi connectivity index (χ3n) is 1.85. The summed E-state index contributed by atoms with van der Waals surface area (Å²) in [6, 6.07) is 7.42. The molecule has 2 N–H and O–H groups in total. The van der Waals surface area contributed by atoms with Crippen LogP contribution in [0.3, 0.4) is 0 Å². The van der Waals surface area contributed by atoms with Gasteiger partial charge in [0.15, 0.2) is 0 Å². The first-order valence-electron chi connectivity index (χ1n) is 4.08. The maximum atomic E-state index is 10.7. The lowest BCUT2D eigenvalue weighted by Gasteiger charge is -2.04. The summed E-state index contributed by atoms with van der Waals surface area (Å²) in [5.41, 5.74) is 5.63. The first-order valence-corrected chi connectivity index (χ1v) is 4.08. The molecule has 0 heterocycles. The highest BCUT2D eigenvalue weighted by Crippen LogP contribution is 2.04. The second-order valence-corrected chi connectivity index (χ2v) is 2.89. The highest BCUT2D eigenvalue weighted by Gasteiger charge is 2.26. The zero-order valence-corrected chi connectivity index (χ0v) is 7.42. The van der Waals surface area contributed by atoms with E-state index < -0.39 is 16.9 Å². The molecule has 0 aliphatic heterocycles. The summed E-state index contributed by atoms with van der Waals surface area (Å²) < 4.78 is 0. The van der Waals surface area contributed by atoms with Gasteiger partial charge in [-0.25, -0.2) is 0 Å². The van der Waals surface area contributed by atoms with Gasteiger partial charge in [0, 0.05) is 11.3 Å². The molecule has 1 aromatic carbocycles. The van der Waals surface area contributed by atoms with Gasteiger partial charge in [0.1, 0.15) is 0 Å². The fraction of sp³-hybridized carbons (Fsp3) is 0.222. The van der Waals surface area contributed by atoms with Gasteiger partial charge in [0.05, 0.1) is 0 Å². The van der Waals surface area contributed by atoms with Crippen molar-refractivity contribution in [1.82, 2.24) is 0 Å². The molecule has 14 heavy (non-hydrogen) atoms. The van der Waals surface area contributed by atoms with Gasteiger partial charge in [-0.1, -0.05) is 30.3 Å². The maximum Gasteiger partial charge on any atom is 0.293 e. The number of hydrogen-bond donors (Lipinski definition) is 1. The molecular formula is C9H10N2O3. The second kappa shape index (κ2) is 4.36. The number of hydrogen-bond acceptors (Lipinski definition) is 3. The molecule has 0 saturated carbocycles. The first kappa shape index (κ1) is 10.2. The van der Waals surface area contributed by atoms with Crippen LogP contribution in [0.25, 0.3) is 0 Å². The summed E-state index contributed by atoms with van der Waals surface area (Å²) in [4.78, 5) is 20.5. The average Bonchev–Trinajstić information content (AvgIpc) is 2.15. The summed E-state index contributed by atoms with van der Waals surface area (Å²) in [5.74, 6) is -0.904. The fourth-order valence-corrected chi connectivity index (χ4v) is 1.12. The lowest BCUT2D eigenvalue weighted by atomic mass is 10.1. The predicted molar refractivity (Wildman–Crippen MR) is 50.1 cm³/mol. The average molecular weight is 194 g/mol. The van der Waals surface area contributed by atoms with Crippen molar-refractivity contribution >= 4 is 5.91 Å². The summed E-state index contributed by atoms with van der Waals surface area (Å²) in [7, 11) is 0. The van der Waals surface area contributed by atoms with E-state index in [2.05, 4.69) is 0 Å². The molecule has 0 saturated heterocycles. The van der Waals surface area contributed by atoms with Crippen LogP contribution in [-0.4, -0.2) is 16.9 Å². The van der Waals surface area contributed by atoms with Crippen LogP contribution in [0.1, 0.15) is 5.56 Å². The number of carbonyl (C=O) groups is 1. The number of nitrogens with two attached hydrogens (primary N) is 1. The molecule has 1 amide bonds. The number of rotatable bonds is 4. The molecule has 0 aliphatic rings. The summed E-state index contributed by atoms with van der Waals surface area (Å²) in [5, 5.41) is 10.5. The minimum absolute atomic E-state index is 0.0448. The number of nitrogens with zero attached hydrogens (tertiary/aromatic N) is 1. The molecule has 0 aliphatic carbocycles. The Labute approximate surface area is 80.7 Å². The van der Waals surface area contributed by atoms with Crippen molar-refractivity contribution in [3.63, 3.8) is 0 Å². The minimum Gasteiger partial charge on any atom is -0.364 e. The molecule has 0 fully saturated rings. The number of primary amides is 1. The van der Waals surface area contributed by atoms with Gasteiger partial charge in [-0.2, -0.15) is 0 Å². The number of carbonyl (C=O) groups excluding carboxylic acids is 1. The van der Waals surface area contributed by atoms with Crippen LogP contribution >= 0.6 is 0 Å². The Kier molecular flexibility index (Phi) is 3.17. The predicted octanol–water partition coefficient (Wildman–Crippen LogP) is 0.360. The van der Waals surface area contributed by atoms with Gasteiger partial charge in [-0.15, -0.1) is 0 Å². The maximum absolute atomic E-state index is 10.7. The van der Waals surface area contributed by atoms with Gasteiger partial charge in [-0.05, 0) is 5.56 Å². The Balaban J connectivity index is 2.75. The number of amides is 1. The van der Waals surface area contributed by atoms with Crippen molar-refractivity contribution in [2.45, 2.75) is 12.5 Å². The largest absolute Gasteiger partial charge is 0.364 e. The molecule has 0 spiro atoms. The molecule has 1 rings (SSSR count). The Morgan fingerprint density at radius 2 is 2.00 bits per heavy atom. The topological polar surface area (TPSA) is 86.2 Å². The van der Waals surface area contributed by atoms with Crippen LogP contribution in [-0.2, 0) is 11.2 Å². The molecule has 1 aromatic rings. The smallest absolute Gasteiger partial charge is 0.293 e. The van der Waals surface area contributed by atoms with Gasteiger partial charge in [0.25, 0.3) is 11.9 Å². The van der Waals surface area contributed by atoms with Gasteiger partial charge < -0.3 is 5.73 Å². The van der Waals surface area contributed by atoms with Crippen molar-refractivity contribution in [1.29, 1.82) is 0 Å². The van der Waals surface area contributed by atoms with Crippen LogP contribution in [0.2, 0.25) is 0 Å². The minimum atomic E-state index is -1.34. The van der Waals surface area contributed by atoms with E-state index in [0.717, 1.165) is 5.56 Å². The van der Waals surface area contributed by atoms with Crippen LogP contribution in [0, 0.1) is 10.1 Å². The van der Waals surface area contributed by atoms with E-state index in [9.17, 15) is 14.9 Å². The van der Waals surface area contributed by atoms with E-state index in [1.54, 1.807) is 30.3 Å². The summed E-state index contributed by atoms with van der Waals surface area (Å²) >= 11 is 0. The number of benzene rings is 1. The third-order valence-corrected chi connectivity index (χ3v) is 1.85. The van der Waals surface area contributed by atoms with Crippen molar-refractivity contribution in [2.24, 2.45) is 5.73 Å². The Morgan fingerprint density at radius 1 is 1.43 bits per heavy atom. The van der Waals surface area contributed by atoms with Crippen LogP contribution in [0.4, 0.5) is 0 Å². The molecule has 0 bridgehead atoms. The van der Waals surface area contributed by atoms with Crippen LogP contribution < -0.4 is 5.73 Å². The highest BCUT2D eigenvalue weighted by atomic mass is 16.6. The third kappa shape index (κ3) is 2.55. The molecule has 1 unspecified atom stereocenters. The lowest BCUT2D eigenvalue weighted by Crippen LogP contribution is -2.37. The lowest BCUT2D eigenvalue weighted by molar-refractivity contribution is -0.506. The summed E-state index contributed by atoms with van der Waals surface area (Å²) in [6.45, 7) is 0. The quantitative estimate of drug-likeness (QED) is 0.554. The van der Waals surface area contributed by atoms with E-state index >= 15 is 0 Å². The van der Waals surface area contributed by atoms with Gasteiger partial charge in [-0.3, -0.25) is 14.9 Å². The van der Waals surface area contributed by atoms with Crippen LogP contribution in [0.5, 0.6) is 0 Å². The molecule has 5 nitrogen and oxygen atoms in total. The van der Waals surface area contributed by atoms with Crippen molar-refractivity contribution in [3.05, 3.63) is 46.0 Å². The van der Waals surface area contributed by atoms with E-state index in [1.165, 1.54) is 0 Å². The number of nitro groups is 1. The highest BCUT2D eigenvalue weighted by molar-refractivity contribution is 5.78. The molecule has 0 aromatic heterocycles. The Hall–Kier alpha value is -1.91. The monoisotopic (exact) mass is 194 g/mol.